The predicted molar refractivity (Wildman–Crippen MR) is 103 cm³/mol. The Hall–Kier alpha value is -1.95. The maximum absolute atomic E-state index is 12.2. The molecule has 0 bridgehead atoms. The monoisotopic (exact) mass is 361 g/mol. The Morgan fingerprint density at radius 1 is 1.08 bits per heavy atom. The lowest BCUT2D eigenvalue weighted by molar-refractivity contribution is 0.0127. The molecule has 1 N–H and O–H groups in total. The van der Waals surface area contributed by atoms with Crippen molar-refractivity contribution >= 4 is 11.8 Å². The van der Waals surface area contributed by atoms with E-state index in [0.717, 1.165) is 44.8 Å². The molecule has 0 radical (unpaired) electrons. The lowest BCUT2D eigenvalue weighted by atomic mass is 10.1. The molecule has 2 fully saturated rings. The van der Waals surface area contributed by atoms with Crippen LogP contribution in [-0.2, 0) is 4.74 Å². The van der Waals surface area contributed by atoms with Crippen LogP contribution in [0, 0.1) is 0 Å². The Morgan fingerprint density at radius 3 is 2.38 bits per heavy atom. The van der Waals surface area contributed by atoms with Crippen LogP contribution in [0.1, 0.15) is 33.6 Å². The third-order valence-electron chi connectivity index (χ3n) is 4.71. The van der Waals surface area contributed by atoms with E-state index in [1.807, 2.05) is 26.8 Å². The van der Waals surface area contributed by atoms with Gasteiger partial charge in [-0.25, -0.2) is 4.79 Å². The van der Waals surface area contributed by atoms with Crippen LogP contribution in [0.15, 0.2) is 24.3 Å². The van der Waals surface area contributed by atoms with Gasteiger partial charge in [-0.2, -0.15) is 0 Å². The first kappa shape index (κ1) is 18.8. The number of carbonyl (C=O) groups excluding carboxylic acids is 1. The van der Waals surface area contributed by atoms with Crippen molar-refractivity contribution in [2.24, 2.45) is 0 Å². The van der Waals surface area contributed by atoms with Crippen molar-refractivity contribution in [3.63, 3.8) is 0 Å². The second kappa shape index (κ2) is 8.16. The van der Waals surface area contributed by atoms with Gasteiger partial charge in [0.15, 0.2) is 0 Å². The van der Waals surface area contributed by atoms with Gasteiger partial charge >= 0.3 is 6.09 Å². The van der Waals surface area contributed by atoms with Gasteiger partial charge in [0.25, 0.3) is 0 Å². The van der Waals surface area contributed by atoms with Crippen LogP contribution in [0.25, 0.3) is 0 Å². The Morgan fingerprint density at radius 2 is 1.73 bits per heavy atom. The number of nitrogens with zero attached hydrogens (tertiary/aromatic N) is 2. The summed E-state index contributed by atoms with van der Waals surface area (Å²) in [4.78, 5) is 16.4. The Bertz CT molecular complexity index is 601. The molecule has 1 aromatic rings. The van der Waals surface area contributed by atoms with E-state index in [9.17, 15) is 4.79 Å². The van der Waals surface area contributed by atoms with Crippen molar-refractivity contribution in [1.29, 1.82) is 0 Å². The lowest BCUT2D eigenvalue weighted by Crippen LogP contribution is -2.45. The molecule has 0 aliphatic carbocycles. The average molecular weight is 361 g/mol. The fourth-order valence-corrected chi connectivity index (χ4v) is 3.39. The number of benzene rings is 1. The van der Waals surface area contributed by atoms with Crippen molar-refractivity contribution < 1.29 is 14.3 Å². The summed E-state index contributed by atoms with van der Waals surface area (Å²) in [5, 5.41) is 3.38. The van der Waals surface area contributed by atoms with Crippen LogP contribution in [0.4, 0.5) is 10.5 Å². The van der Waals surface area contributed by atoms with Gasteiger partial charge < -0.3 is 24.6 Å². The molecule has 144 valence electrons. The molecule has 2 aliphatic heterocycles. The molecule has 1 aromatic carbocycles. The first-order chi connectivity index (χ1) is 12.4. The third-order valence-corrected chi connectivity index (χ3v) is 4.71. The van der Waals surface area contributed by atoms with E-state index in [0.29, 0.717) is 13.1 Å². The molecule has 1 amide bonds. The third kappa shape index (κ3) is 5.04. The summed E-state index contributed by atoms with van der Waals surface area (Å²) in [6, 6.07) is 8.28. The SMILES string of the molecule is CC(C)(C)OC(=O)N1CCC(Oc2ccccc2N2CCNCC2)CC1. The lowest BCUT2D eigenvalue weighted by Gasteiger charge is -2.35. The van der Waals surface area contributed by atoms with Gasteiger partial charge in [0.1, 0.15) is 17.5 Å². The first-order valence-corrected chi connectivity index (χ1v) is 9.62. The van der Waals surface area contributed by atoms with Crippen molar-refractivity contribution in [2.75, 3.05) is 44.2 Å². The van der Waals surface area contributed by atoms with E-state index < -0.39 is 5.60 Å². The number of hydrogen-bond donors (Lipinski definition) is 1. The predicted octanol–water partition coefficient (Wildman–Crippen LogP) is 2.87. The molecular formula is C20H31N3O3. The zero-order valence-corrected chi connectivity index (χ0v) is 16.2. The van der Waals surface area contributed by atoms with Gasteiger partial charge in [-0.3, -0.25) is 0 Å². The standard InChI is InChI=1S/C20H31N3O3/c1-20(2,3)26-19(24)23-12-8-16(9-13-23)25-18-7-5-4-6-17(18)22-14-10-21-11-15-22/h4-7,16,21H,8-15H2,1-3H3. The van der Waals surface area contributed by atoms with E-state index in [2.05, 4.69) is 28.4 Å². The number of carbonyl (C=O) groups is 1. The largest absolute Gasteiger partial charge is 0.488 e. The highest BCUT2D eigenvalue weighted by Gasteiger charge is 2.28. The molecule has 0 spiro atoms. The van der Waals surface area contributed by atoms with Crippen LogP contribution in [0.3, 0.4) is 0 Å². The smallest absolute Gasteiger partial charge is 0.410 e. The second-order valence-electron chi connectivity index (χ2n) is 7.99. The van der Waals surface area contributed by atoms with Crippen LogP contribution in [0.5, 0.6) is 5.75 Å². The number of likely N-dealkylation sites (tertiary alicyclic amines) is 1. The highest BCUT2D eigenvalue weighted by atomic mass is 16.6. The number of para-hydroxylation sites is 2. The molecular weight excluding hydrogens is 330 g/mol. The van der Waals surface area contributed by atoms with E-state index in [4.69, 9.17) is 9.47 Å². The molecule has 0 atom stereocenters. The number of anilines is 1. The molecule has 2 saturated heterocycles. The molecule has 0 unspecified atom stereocenters. The van der Waals surface area contributed by atoms with Gasteiger partial charge in [0, 0.05) is 52.1 Å². The molecule has 2 aliphatic rings. The summed E-state index contributed by atoms with van der Waals surface area (Å²) < 4.78 is 11.8. The normalized spacial score (nSPS) is 19.3. The maximum Gasteiger partial charge on any atom is 0.410 e. The van der Waals surface area contributed by atoms with Crippen LogP contribution < -0.4 is 15.0 Å². The van der Waals surface area contributed by atoms with Gasteiger partial charge in [-0.05, 0) is 32.9 Å². The Labute approximate surface area is 156 Å². The Kier molecular flexibility index (Phi) is 5.91. The first-order valence-electron chi connectivity index (χ1n) is 9.62. The molecule has 2 heterocycles. The zero-order valence-electron chi connectivity index (χ0n) is 16.2. The number of rotatable bonds is 3. The van der Waals surface area contributed by atoms with E-state index in [1.165, 1.54) is 5.69 Å². The topological polar surface area (TPSA) is 54.0 Å². The van der Waals surface area contributed by atoms with Gasteiger partial charge in [0.05, 0.1) is 5.69 Å². The zero-order chi connectivity index (χ0) is 18.6. The highest BCUT2D eigenvalue weighted by molar-refractivity contribution is 5.68. The minimum absolute atomic E-state index is 0.137. The van der Waals surface area contributed by atoms with Crippen molar-refractivity contribution in [3.05, 3.63) is 24.3 Å². The number of hydrogen-bond acceptors (Lipinski definition) is 5. The van der Waals surface area contributed by atoms with Crippen molar-refractivity contribution in [1.82, 2.24) is 10.2 Å². The fourth-order valence-electron chi connectivity index (χ4n) is 3.39. The summed E-state index contributed by atoms with van der Waals surface area (Å²) in [5.74, 6) is 0.949. The Balaban J connectivity index is 1.56. The number of amides is 1. The summed E-state index contributed by atoms with van der Waals surface area (Å²) in [6.45, 7) is 11.0. The second-order valence-corrected chi connectivity index (χ2v) is 7.99. The minimum Gasteiger partial charge on any atom is -0.488 e. The summed E-state index contributed by atoms with van der Waals surface area (Å²) in [6.07, 6.45) is 1.57. The number of piperazine rings is 1. The quantitative estimate of drug-likeness (QED) is 0.897. The molecule has 26 heavy (non-hydrogen) atoms. The van der Waals surface area contributed by atoms with Crippen LogP contribution in [-0.4, -0.2) is 62.0 Å². The number of piperidine rings is 1. The maximum atomic E-state index is 12.2. The van der Waals surface area contributed by atoms with E-state index >= 15 is 0 Å². The molecule has 0 saturated carbocycles. The molecule has 6 heteroatoms. The molecule has 3 rings (SSSR count). The van der Waals surface area contributed by atoms with Crippen LogP contribution in [0.2, 0.25) is 0 Å². The highest BCUT2D eigenvalue weighted by Crippen LogP contribution is 2.31. The summed E-state index contributed by atoms with van der Waals surface area (Å²) >= 11 is 0. The average Bonchev–Trinajstić information content (AvgIpc) is 2.62. The van der Waals surface area contributed by atoms with Gasteiger partial charge in [-0.1, -0.05) is 12.1 Å². The summed E-state index contributed by atoms with van der Waals surface area (Å²) in [5.41, 5.74) is 0.718. The van der Waals surface area contributed by atoms with Gasteiger partial charge in [-0.15, -0.1) is 0 Å². The number of ether oxygens (including phenoxy) is 2. The van der Waals surface area contributed by atoms with Gasteiger partial charge in [0.2, 0.25) is 0 Å². The molecule has 0 aromatic heterocycles. The van der Waals surface area contributed by atoms with E-state index in [1.54, 1.807) is 4.90 Å². The van der Waals surface area contributed by atoms with Crippen LogP contribution >= 0.6 is 0 Å². The number of nitrogens with one attached hydrogen (secondary N) is 1. The fraction of sp³-hybridized carbons (Fsp3) is 0.650. The minimum atomic E-state index is -0.452. The van der Waals surface area contributed by atoms with E-state index in [-0.39, 0.29) is 12.2 Å². The molecule has 6 nitrogen and oxygen atoms in total. The van der Waals surface area contributed by atoms with Crippen molar-refractivity contribution in [2.45, 2.75) is 45.3 Å². The summed E-state index contributed by atoms with van der Waals surface area (Å²) in [7, 11) is 0. The van der Waals surface area contributed by atoms with Crippen molar-refractivity contribution in [3.8, 4) is 5.75 Å².